The summed E-state index contributed by atoms with van der Waals surface area (Å²) in [5.74, 6) is 1.04. The van der Waals surface area contributed by atoms with Gasteiger partial charge in [-0.05, 0) is 56.9 Å². The van der Waals surface area contributed by atoms with E-state index in [4.69, 9.17) is 16.3 Å². The van der Waals surface area contributed by atoms with Crippen molar-refractivity contribution in [1.29, 1.82) is 0 Å². The number of nitrogens with one attached hydrogen (secondary N) is 2. The van der Waals surface area contributed by atoms with Crippen LogP contribution in [0.15, 0.2) is 6.07 Å². The summed E-state index contributed by atoms with van der Waals surface area (Å²) in [4.78, 5) is 11.5. The van der Waals surface area contributed by atoms with Crippen molar-refractivity contribution in [3.63, 3.8) is 0 Å². The third-order valence-corrected chi connectivity index (χ3v) is 3.36. The largest absolute Gasteiger partial charge is 0.477 e. The van der Waals surface area contributed by atoms with E-state index in [0.29, 0.717) is 18.4 Å². The zero-order valence-corrected chi connectivity index (χ0v) is 14.9. The zero-order valence-electron chi connectivity index (χ0n) is 14.2. The van der Waals surface area contributed by atoms with E-state index in [2.05, 4.69) is 27.2 Å². The van der Waals surface area contributed by atoms with Crippen LogP contribution in [0.4, 0.5) is 0 Å². The zero-order chi connectivity index (χ0) is 16.5. The van der Waals surface area contributed by atoms with Crippen LogP contribution in [0.1, 0.15) is 39.3 Å². The maximum Gasteiger partial charge on any atom is 0.227 e. The number of fused-ring (bicyclic) bond motifs is 1. The maximum absolute atomic E-state index is 5.92. The molecule has 0 aromatic carbocycles. The molecule has 0 aliphatic rings. The van der Waals surface area contributed by atoms with Gasteiger partial charge in [0.25, 0.3) is 0 Å². The summed E-state index contributed by atoms with van der Waals surface area (Å²) in [6.45, 7) is 9.82. The molecule has 0 aliphatic heterocycles. The minimum absolute atomic E-state index is 0.206. The molecule has 0 saturated heterocycles. The highest BCUT2D eigenvalue weighted by molar-refractivity contribution is 6.28. The second-order valence-corrected chi connectivity index (χ2v) is 5.51. The molecular formula is C16H27ClN4O. The summed E-state index contributed by atoms with van der Waals surface area (Å²) in [6.07, 6.45) is 2.26. The number of hydrogen-bond acceptors (Lipinski definition) is 4. The molecule has 0 aliphatic carbocycles. The molecule has 0 amide bonds. The molecular weight excluding hydrogens is 300 g/mol. The normalized spacial score (nSPS) is 11.9. The second kappa shape index (κ2) is 9.64. The van der Waals surface area contributed by atoms with Gasteiger partial charge in [0.2, 0.25) is 11.2 Å². The Balaban J connectivity index is 0.00000116. The highest BCUT2D eigenvalue weighted by Gasteiger charge is 2.12. The van der Waals surface area contributed by atoms with E-state index in [9.17, 15) is 0 Å². The third-order valence-electron chi connectivity index (χ3n) is 3.19. The van der Waals surface area contributed by atoms with Crippen LogP contribution in [-0.4, -0.2) is 35.2 Å². The van der Waals surface area contributed by atoms with Crippen LogP contribution in [0.2, 0.25) is 5.28 Å². The molecule has 1 atom stereocenters. The summed E-state index contributed by atoms with van der Waals surface area (Å²) >= 11 is 5.92. The van der Waals surface area contributed by atoms with Gasteiger partial charge < -0.3 is 15.0 Å². The van der Waals surface area contributed by atoms with E-state index in [1.54, 1.807) is 0 Å². The van der Waals surface area contributed by atoms with Crippen LogP contribution < -0.4 is 10.1 Å². The fourth-order valence-electron chi connectivity index (χ4n) is 2.13. The van der Waals surface area contributed by atoms with E-state index in [1.165, 1.54) is 0 Å². The molecule has 0 unspecified atom stereocenters. The Kier molecular flexibility index (Phi) is 8.20. The van der Waals surface area contributed by atoms with Gasteiger partial charge in [-0.2, -0.15) is 9.97 Å². The minimum atomic E-state index is 0.206. The summed E-state index contributed by atoms with van der Waals surface area (Å²) in [5, 5.41) is 4.24. The number of aromatic nitrogens is 3. The highest BCUT2D eigenvalue weighted by Crippen LogP contribution is 2.25. The molecule has 2 aromatic rings. The number of hydrogen-bond donors (Lipinski definition) is 2. The average molecular weight is 327 g/mol. The van der Waals surface area contributed by atoms with Gasteiger partial charge in [0.15, 0.2) is 0 Å². The van der Waals surface area contributed by atoms with Crippen molar-refractivity contribution in [3.8, 4) is 5.88 Å². The first-order chi connectivity index (χ1) is 10.6. The van der Waals surface area contributed by atoms with Crippen molar-refractivity contribution >= 4 is 22.6 Å². The number of H-pyrrole nitrogens is 1. The van der Waals surface area contributed by atoms with E-state index >= 15 is 0 Å². The lowest BCUT2D eigenvalue weighted by molar-refractivity contribution is 0.244. The molecule has 124 valence electrons. The maximum atomic E-state index is 5.92. The monoisotopic (exact) mass is 326 g/mol. The van der Waals surface area contributed by atoms with Crippen LogP contribution in [0, 0.1) is 12.8 Å². The van der Waals surface area contributed by atoms with Crippen molar-refractivity contribution in [2.45, 2.75) is 40.5 Å². The van der Waals surface area contributed by atoms with Crippen LogP contribution in [0.3, 0.4) is 0 Å². The van der Waals surface area contributed by atoms with Gasteiger partial charge in [0, 0.05) is 5.69 Å². The molecule has 6 heteroatoms. The van der Waals surface area contributed by atoms with Gasteiger partial charge in [-0.3, -0.25) is 0 Å². The van der Waals surface area contributed by atoms with Crippen molar-refractivity contribution in [2.75, 3.05) is 20.2 Å². The Morgan fingerprint density at radius 1 is 1.36 bits per heavy atom. The molecule has 0 saturated carbocycles. The Morgan fingerprint density at radius 3 is 2.77 bits per heavy atom. The lowest BCUT2D eigenvalue weighted by Gasteiger charge is -2.12. The molecule has 2 rings (SSSR count). The number of aryl methyl sites for hydroxylation is 1. The summed E-state index contributed by atoms with van der Waals surface area (Å²) in [5.41, 5.74) is 1.74. The average Bonchev–Trinajstić information content (AvgIpc) is 2.87. The molecule has 2 aromatic heterocycles. The van der Waals surface area contributed by atoms with Gasteiger partial charge in [-0.1, -0.05) is 20.8 Å². The predicted octanol–water partition coefficient (Wildman–Crippen LogP) is 3.96. The predicted molar refractivity (Wildman–Crippen MR) is 92.8 cm³/mol. The Morgan fingerprint density at radius 2 is 2.09 bits per heavy atom. The van der Waals surface area contributed by atoms with Crippen molar-refractivity contribution in [1.82, 2.24) is 20.3 Å². The van der Waals surface area contributed by atoms with Gasteiger partial charge in [0.05, 0.1) is 12.0 Å². The Hall–Kier alpha value is -1.33. The van der Waals surface area contributed by atoms with Crippen molar-refractivity contribution in [3.05, 3.63) is 17.0 Å². The SMILES string of the molecule is CC.CNCCC[C@H](C)COc1nc(Cl)nc2[nH]c(C)cc12. The van der Waals surface area contributed by atoms with Crippen LogP contribution in [-0.2, 0) is 0 Å². The lowest BCUT2D eigenvalue weighted by Crippen LogP contribution is -2.13. The fourth-order valence-corrected chi connectivity index (χ4v) is 2.29. The number of nitrogens with zero attached hydrogens (tertiary/aromatic N) is 2. The first-order valence-corrected chi connectivity index (χ1v) is 8.28. The second-order valence-electron chi connectivity index (χ2n) is 5.17. The quantitative estimate of drug-likeness (QED) is 0.597. The Bertz CT molecular complexity index is 571. The van der Waals surface area contributed by atoms with Crippen LogP contribution >= 0.6 is 11.6 Å². The first-order valence-electron chi connectivity index (χ1n) is 7.90. The number of ether oxygens (including phenoxy) is 1. The molecule has 2 N–H and O–H groups in total. The fraction of sp³-hybridized carbons (Fsp3) is 0.625. The van der Waals surface area contributed by atoms with E-state index < -0.39 is 0 Å². The highest BCUT2D eigenvalue weighted by atomic mass is 35.5. The minimum Gasteiger partial charge on any atom is -0.477 e. The smallest absolute Gasteiger partial charge is 0.227 e. The van der Waals surface area contributed by atoms with Gasteiger partial charge >= 0.3 is 0 Å². The van der Waals surface area contributed by atoms with E-state index in [0.717, 1.165) is 36.1 Å². The summed E-state index contributed by atoms with van der Waals surface area (Å²) in [7, 11) is 1.97. The van der Waals surface area contributed by atoms with Crippen LogP contribution in [0.5, 0.6) is 5.88 Å². The molecule has 22 heavy (non-hydrogen) atoms. The van der Waals surface area contributed by atoms with E-state index in [-0.39, 0.29) is 5.28 Å². The molecule has 0 radical (unpaired) electrons. The molecule has 2 heterocycles. The summed E-state index contributed by atoms with van der Waals surface area (Å²) in [6, 6.07) is 1.98. The lowest BCUT2D eigenvalue weighted by atomic mass is 10.1. The van der Waals surface area contributed by atoms with Gasteiger partial charge in [-0.25, -0.2) is 0 Å². The molecule has 0 bridgehead atoms. The number of aromatic amines is 1. The first kappa shape index (κ1) is 18.7. The molecule has 0 fully saturated rings. The summed E-state index contributed by atoms with van der Waals surface area (Å²) < 4.78 is 5.83. The van der Waals surface area contributed by atoms with Crippen molar-refractivity contribution in [2.24, 2.45) is 5.92 Å². The Labute approximate surface area is 137 Å². The van der Waals surface area contributed by atoms with Crippen LogP contribution in [0.25, 0.3) is 11.0 Å². The van der Waals surface area contributed by atoms with Crippen molar-refractivity contribution < 1.29 is 4.74 Å². The van der Waals surface area contributed by atoms with Gasteiger partial charge in [-0.15, -0.1) is 0 Å². The topological polar surface area (TPSA) is 62.8 Å². The standard InChI is InChI=1S/C14H21ClN4O.C2H6/c1-9(5-4-6-16-3)8-20-13-11-7-10(2)17-12(11)18-14(15)19-13;1-2/h7,9,16H,4-6,8H2,1-3H3,(H,17,18,19);1-2H3/t9-;/m0./s1. The van der Waals surface area contributed by atoms with Gasteiger partial charge in [0.1, 0.15) is 5.65 Å². The third kappa shape index (κ3) is 5.46. The molecule has 5 nitrogen and oxygen atoms in total. The van der Waals surface area contributed by atoms with E-state index in [1.807, 2.05) is 33.9 Å². The number of rotatable bonds is 7. The number of halogens is 1. The molecule has 0 spiro atoms.